The standard InChI is InChI=1S/C12H25NO2/c1-9(2)5-11(8-14)7-13-12(15)6-10(3)4/h9-11,14H,5-8H2,1-4H3,(H,13,15). The largest absolute Gasteiger partial charge is 0.396 e. The lowest BCUT2D eigenvalue weighted by Gasteiger charge is -2.17. The van der Waals surface area contributed by atoms with Crippen molar-refractivity contribution < 1.29 is 9.90 Å². The molecule has 0 aliphatic rings. The number of nitrogens with one attached hydrogen (secondary N) is 1. The molecule has 90 valence electrons. The summed E-state index contributed by atoms with van der Waals surface area (Å²) < 4.78 is 0. The third-order valence-corrected chi connectivity index (χ3v) is 2.24. The molecular weight excluding hydrogens is 190 g/mol. The van der Waals surface area contributed by atoms with E-state index in [1.165, 1.54) is 0 Å². The number of hydrogen-bond donors (Lipinski definition) is 2. The van der Waals surface area contributed by atoms with E-state index in [9.17, 15) is 4.79 Å². The van der Waals surface area contributed by atoms with Crippen LogP contribution in [0.5, 0.6) is 0 Å². The number of carbonyl (C=O) groups is 1. The van der Waals surface area contributed by atoms with E-state index in [0.717, 1.165) is 6.42 Å². The SMILES string of the molecule is CC(C)CC(=O)NCC(CO)CC(C)C. The Morgan fingerprint density at radius 1 is 1.20 bits per heavy atom. The summed E-state index contributed by atoms with van der Waals surface area (Å²) in [5.74, 6) is 1.24. The first kappa shape index (κ1) is 14.4. The molecule has 1 atom stereocenters. The zero-order chi connectivity index (χ0) is 11.8. The highest BCUT2D eigenvalue weighted by atomic mass is 16.3. The van der Waals surface area contributed by atoms with E-state index >= 15 is 0 Å². The zero-order valence-electron chi connectivity index (χ0n) is 10.4. The summed E-state index contributed by atoms with van der Waals surface area (Å²) in [5, 5.41) is 12.0. The predicted octanol–water partition coefficient (Wildman–Crippen LogP) is 1.80. The Morgan fingerprint density at radius 2 is 1.80 bits per heavy atom. The molecule has 2 N–H and O–H groups in total. The van der Waals surface area contributed by atoms with Gasteiger partial charge < -0.3 is 10.4 Å². The molecule has 15 heavy (non-hydrogen) atoms. The van der Waals surface area contributed by atoms with Crippen molar-refractivity contribution in [2.45, 2.75) is 40.5 Å². The van der Waals surface area contributed by atoms with E-state index in [1.807, 2.05) is 13.8 Å². The molecule has 0 aromatic carbocycles. The molecule has 0 aliphatic carbocycles. The Balaban J connectivity index is 3.75. The van der Waals surface area contributed by atoms with Gasteiger partial charge in [0, 0.05) is 19.6 Å². The van der Waals surface area contributed by atoms with Gasteiger partial charge in [-0.15, -0.1) is 0 Å². The molecule has 0 aliphatic heterocycles. The fourth-order valence-corrected chi connectivity index (χ4v) is 1.59. The summed E-state index contributed by atoms with van der Waals surface area (Å²) in [7, 11) is 0. The minimum atomic E-state index is 0.0900. The second-order valence-electron chi connectivity index (χ2n) is 5.08. The van der Waals surface area contributed by atoms with Crippen LogP contribution in [-0.4, -0.2) is 24.2 Å². The quantitative estimate of drug-likeness (QED) is 0.680. The van der Waals surface area contributed by atoms with Crippen molar-refractivity contribution in [1.82, 2.24) is 5.32 Å². The van der Waals surface area contributed by atoms with Crippen molar-refractivity contribution >= 4 is 5.91 Å². The minimum Gasteiger partial charge on any atom is -0.396 e. The Kier molecular flexibility index (Phi) is 7.39. The molecule has 0 rings (SSSR count). The van der Waals surface area contributed by atoms with Gasteiger partial charge in [-0.3, -0.25) is 4.79 Å². The molecule has 0 aromatic heterocycles. The van der Waals surface area contributed by atoms with E-state index in [0.29, 0.717) is 24.8 Å². The van der Waals surface area contributed by atoms with Crippen LogP contribution in [-0.2, 0) is 4.79 Å². The Bertz CT molecular complexity index is 178. The topological polar surface area (TPSA) is 49.3 Å². The van der Waals surface area contributed by atoms with E-state index < -0.39 is 0 Å². The van der Waals surface area contributed by atoms with Crippen molar-refractivity contribution in [2.24, 2.45) is 17.8 Å². The van der Waals surface area contributed by atoms with E-state index in [1.54, 1.807) is 0 Å². The normalized spacial score (nSPS) is 13.3. The Morgan fingerprint density at radius 3 is 2.20 bits per heavy atom. The van der Waals surface area contributed by atoms with Crippen LogP contribution < -0.4 is 5.32 Å². The lowest BCUT2D eigenvalue weighted by Crippen LogP contribution is -2.32. The highest BCUT2D eigenvalue weighted by molar-refractivity contribution is 5.76. The molecule has 0 bridgehead atoms. The number of aliphatic hydroxyl groups is 1. The number of amides is 1. The fourth-order valence-electron chi connectivity index (χ4n) is 1.59. The summed E-state index contributed by atoms with van der Waals surface area (Å²) in [5.41, 5.74) is 0. The first-order valence-electron chi connectivity index (χ1n) is 5.83. The third-order valence-electron chi connectivity index (χ3n) is 2.24. The first-order chi connectivity index (χ1) is 6.95. The average molecular weight is 215 g/mol. The van der Waals surface area contributed by atoms with Gasteiger partial charge in [0.2, 0.25) is 5.91 Å². The summed E-state index contributed by atoms with van der Waals surface area (Å²) in [4.78, 5) is 11.4. The summed E-state index contributed by atoms with van der Waals surface area (Å²) >= 11 is 0. The smallest absolute Gasteiger partial charge is 0.220 e. The molecule has 0 saturated heterocycles. The average Bonchev–Trinajstić information content (AvgIpc) is 2.10. The number of carbonyl (C=O) groups excluding carboxylic acids is 1. The van der Waals surface area contributed by atoms with Gasteiger partial charge in [0.05, 0.1) is 0 Å². The van der Waals surface area contributed by atoms with E-state index in [4.69, 9.17) is 5.11 Å². The first-order valence-corrected chi connectivity index (χ1v) is 5.83. The molecule has 0 saturated carbocycles. The molecule has 0 spiro atoms. The highest BCUT2D eigenvalue weighted by Gasteiger charge is 2.11. The fraction of sp³-hybridized carbons (Fsp3) is 0.917. The number of aliphatic hydroxyl groups excluding tert-OH is 1. The van der Waals surface area contributed by atoms with Crippen molar-refractivity contribution in [3.05, 3.63) is 0 Å². The van der Waals surface area contributed by atoms with Gasteiger partial charge in [0.15, 0.2) is 0 Å². The van der Waals surface area contributed by atoms with Gasteiger partial charge in [-0.05, 0) is 24.2 Å². The predicted molar refractivity (Wildman–Crippen MR) is 62.5 cm³/mol. The molecular formula is C12H25NO2. The van der Waals surface area contributed by atoms with Gasteiger partial charge in [0.1, 0.15) is 0 Å². The number of rotatable bonds is 7. The zero-order valence-corrected chi connectivity index (χ0v) is 10.4. The third kappa shape index (κ3) is 8.43. The molecule has 3 heteroatoms. The molecule has 0 aromatic rings. The number of hydrogen-bond acceptors (Lipinski definition) is 2. The van der Waals surface area contributed by atoms with Crippen LogP contribution in [0, 0.1) is 17.8 Å². The Labute approximate surface area is 93.3 Å². The van der Waals surface area contributed by atoms with Crippen LogP contribution in [0.2, 0.25) is 0 Å². The van der Waals surface area contributed by atoms with Crippen LogP contribution >= 0.6 is 0 Å². The van der Waals surface area contributed by atoms with Crippen molar-refractivity contribution in [2.75, 3.05) is 13.2 Å². The maximum Gasteiger partial charge on any atom is 0.220 e. The van der Waals surface area contributed by atoms with Crippen molar-refractivity contribution in [1.29, 1.82) is 0 Å². The summed E-state index contributed by atoms with van der Waals surface area (Å²) in [6.45, 7) is 9.05. The Hall–Kier alpha value is -0.570. The van der Waals surface area contributed by atoms with E-state index in [-0.39, 0.29) is 18.4 Å². The van der Waals surface area contributed by atoms with Crippen LogP contribution in [0.3, 0.4) is 0 Å². The highest BCUT2D eigenvalue weighted by Crippen LogP contribution is 2.10. The second-order valence-corrected chi connectivity index (χ2v) is 5.08. The summed E-state index contributed by atoms with van der Waals surface area (Å²) in [6, 6.07) is 0. The minimum absolute atomic E-state index is 0.0900. The van der Waals surface area contributed by atoms with Crippen LogP contribution in [0.1, 0.15) is 40.5 Å². The van der Waals surface area contributed by atoms with Crippen molar-refractivity contribution in [3.63, 3.8) is 0 Å². The van der Waals surface area contributed by atoms with Gasteiger partial charge >= 0.3 is 0 Å². The van der Waals surface area contributed by atoms with Gasteiger partial charge in [-0.1, -0.05) is 27.7 Å². The van der Waals surface area contributed by atoms with Crippen LogP contribution in [0.25, 0.3) is 0 Å². The lowest BCUT2D eigenvalue weighted by atomic mass is 9.98. The molecule has 3 nitrogen and oxygen atoms in total. The molecule has 1 amide bonds. The van der Waals surface area contributed by atoms with Gasteiger partial charge in [-0.2, -0.15) is 0 Å². The molecule has 0 heterocycles. The molecule has 0 radical (unpaired) electrons. The molecule has 1 unspecified atom stereocenters. The lowest BCUT2D eigenvalue weighted by molar-refractivity contribution is -0.122. The molecule has 0 fully saturated rings. The van der Waals surface area contributed by atoms with Crippen LogP contribution in [0.4, 0.5) is 0 Å². The second kappa shape index (κ2) is 7.69. The monoisotopic (exact) mass is 215 g/mol. The summed E-state index contributed by atoms with van der Waals surface area (Å²) in [6.07, 6.45) is 1.53. The maximum absolute atomic E-state index is 11.4. The van der Waals surface area contributed by atoms with Crippen molar-refractivity contribution in [3.8, 4) is 0 Å². The maximum atomic E-state index is 11.4. The van der Waals surface area contributed by atoms with E-state index in [2.05, 4.69) is 19.2 Å². The van der Waals surface area contributed by atoms with Crippen LogP contribution in [0.15, 0.2) is 0 Å². The van der Waals surface area contributed by atoms with Gasteiger partial charge in [-0.25, -0.2) is 0 Å². The van der Waals surface area contributed by atoms with Gasteiger partial charge in [0.25, 0.3) is 0 Å².